The van der Waals surface area contributed by atoms with Crippen molar-refractivity contribution in [1.29, 1.82) is 0 Å². The number of likely N-dealkylation sites (tertiary alicyclic amines) is 1. The highest BCUT2D eigenvalue weighted by Crippen LogP contribution is 2.19. The van der Waals surface area contributed by atoms with Gasteiger partial charge in [-0.15, -0.1) is 15.3 Å². The van der Waals surface area contributed by atoms with E-state index in [9.17, 15) is 0 Å². The maximum Gasteiger partial charge on any atom is 0.233 e. The Labute approximate surface area is 130 Å². The van der Waals surface area contributed by atoms with Crippen molar-refractivity contribution in [3.8, 4) is 5.88 Å². The van der Waals surface area contributed by atoms with E-state index in [2.05, 4.69) is 25.3 Å². The molecule has 0 aliphatic carbocycles. The quantitative estimate of drug-likeness (QED) is 0.827. The van der Waals surface area contributed by atoms with Gasteiger partial charge in [0, 0.05) is 13.1 Å². The number of piperidine rings is 1. The summed E-state index contributed by atoms with van der Waals surface area (Å²) < 4.78 is 7.72. The normalized spacial score (nSPS) is 16.8. The Balaban J connectivity index is 1.42. The van der Waals surface area contributed by atoms with Gasteiger partial charge in [-0.3, -0.25) is 4.90 Å². The van der Waals surface area contributed by atoms with Crippen LogP contribution in [0.2, 0.25) is 0 Å². The van der Waals surface area contributed by atoms with Gasteiger partial charge >= 0.3 is 0 Å². The summed E-state index contributed by atoms with van der Waals surface area (Å²) in [6.45, 7) is 5.65. The van der Waals surface area contributed by atoms with Crippen LogP contribution in [0, 0.1) is 12.8 Å². The van der Waals surface area contributed by atoms with Gasteiger partial charge in [0.05, 0.1) is 18.8 Å². The number of hydrogen-bond acceptors (Lipinski definition) is 6. The van der Waals surface area contributed by atoms with E-state index in [4.69, 9.17) is 4.74 Å². The highest BCUT2D eigenvalue weighted by atomic mass is 16.5. The summed E-state index contributed by atoms with van der Waals surface area (Å²) in [5.74, 6) is 2.22. The first kappa shape index (κ1) is 14.9. The molecule has 3 heterocycles. The summed E-state index contributed by atoms with van der Waals surface area (Å²) in [6.07, 6.45) is 4.02. The summed E-state index contributed by atoms with van der Waals surface area (Å²) >= 11 is 0. The van der Waals surface area contributed by atoms with Crippen molar-refractivity contribution in [2.75, 3.05) is 19.7 Å². The molecule has 0 aromatic carbocycles. The molecule has 1 aliphatic rings. The minimum atomic E-state index is 0.582. The van der Waals surface area contributed by atoms with Crippen LogP contribution < -0.4 is 4.74 Å². The van der Waals surface area contributed by atoms with Gasteiger partial charge in [0.25, 0.3) is 0 Å². The van der Waals surface area contributed by atoms with Gasteiger partial charge in [0.2, 0.25) is 5.88 Å². The van der Waals surface area contributed by atoms with Crippen molar-refractivity contribution in [3.63, 3.8) is 0 Å². The highest BCUT2D eigenvalue weighted by molar-refractivity contribution is 5.10. The third-order valence-corrected chi connectivity index (χ3v) is 4.12. The second-order valence-electron chi connectivity index (χ2n) is 5.90. The van der Waals surface area contributed by atoms with E-state index in [1.807, 2.05) is 30.7 Å². The van der Waals surface area contributed by atoms with Crippen molar-refractivity contribution < 1.29 is 4.74 Å². The van der Waals surface area contributed by atoms with Crippen LogP contribution in [0.4, 0.5) is 0 Å². The first-order chi connectivity index (χ1) is 10.7. The van der Waals surface area contributed by atoms with Crippen LogP contribution in [-0.2, 0) is 13.6 Å². The van der Waals surface area contributed by atoms with Gasteiger partial charge in [-0.05, 0) is 44.8 Å². The summed E-state index contributed by atoms with van der Waals surface area (Å²) in [5, 5.41) is 16.1. The zero-order chi connectivity index (χ0) is 15.4. The average Bonchev–Trinajstić information content (AvgIpc) is 2.93. The predicted molar refractivity (Wildman–Crippen MR) is 81.3 cm³/mol. The smallest absolute Gasteiger partial charge is 0.233 e. The van der Waals surface area contributed by atoms with E-state index in [1.54, 1.807) is 6.33 Å². The molecule has 1 aliphatic heterocycles. The van der Waals surface area contributed by atoms with E-state index in [-0.39, 0.29) is 0 Å². The third-order valence-electron chi connectivity index (χ3n) is 4.12. The summed E-state index contributed by atoms with van der Waals surface area (Å²) in [4.78, 5) is 2.42. The summed E-state index contributed by atoms with van der Waals surface area (Å²) in [7, 11) is 1.98. The molecule has 3 rings (SSSR count). The topological polar surface area (TPSA) is 69.0 Å². The molecule has 0 amide bonds. The van der Waals surface area contributed by atoms with E-state index in [1.165, 1.54) is 0 Å². The number of ether oxygens (including phenoxy) is 1. The van der Waals surface area contributed by atoms with Crippen molar-refractivity contribution in [2.45, 2.75) is 26.3 Å². The van der Waals surface area contributed by atoms with Gasteiger partial charge in [0.1, 0.15) is 12.2 Å². The number of aromatic nitrogens is 5. The fourth-order valence-corrected chi connectivity index (χ4v) is 2.63. The van der Waals surface area contributed by atoms with Crippen LogP contribution in [0.3, 0.4) is 0 Å². The lowest BCUT2D eigenvalue weighted by Gasteiger charge is -2.31. The fraction of sp³-hybridized carbons (Fsp3) is 0.600. The SMILES string of the molecule is Cc1ccc(OCC2CCN(Cc3nncn3C)CC2)nn1. The van der Waals surface area contributed by atoms with Gasteiger partial charge in [0.15, 0.2) is 0 Å². The van der Waals surface area contributed by atoms with E-state index < -0.39 is 0 Å². The molecule has 7 heteroatoms. The second-order valence-corrected chi connectivity index (χ2v) is 5.90. The van der Waals surface area contributed by atoms with Crippen LogP contribution >= 0.6 is 0 Å². The molecule has 0 spiro atoms. The molecule has 0 bridgehead atoms. The van der Waals surface area contributed by atoms with Gasteiger partial charge < -0.3 is 9.30 Å². The minimum absolute atomic E-state index is 0.582. The monoisotopic (exact) mass is 302 g/mol. The Hall–Kier alpha value is -2.02. The van der Waals surface area contributed by atoms with Crippen molar-refractivity contribution in [2.24, 2.45) is 13.0 Å². The Morgan fingerprint density at radius 3 is 2.64 bits per heavy atom. The van der Waals surface area contributed by atoms with E-state index in [0.29, 0.717) is 11.8 Å². The average molecular weight is 302 g/mol. The van der Waals surface area contributed by atoms with Crippen molar-refractivity contribution in [3.05, 3.63) is 30.0 Å². The number of hydrogen-bond donors (Lipinski definition) is 0. The molecule has 118 valence electrons. The van der Waals surface area contributed by atoms with Gasteiger partial charge in [-0.1, -0.05) is 0 Å². The minimum Gasteiger partial charge on any atom is -0.476 e. The van der Waals surface area contributed by atoms with Crippen LogP contribution in [0.1, 0.15) is 24.4 Å². The van der Waals surface area contributed by atoms with Crippen LogP contribution in [-0.4, -0.2) is 49.6 Å². The molecule has 0 saturated carbocycles. The molecule has 0 unspecified atom stereocenters. The lowest BCUT2D eigenvalue weighted by molar-refractivity contribution is 0.131. The first-order valence-electron chi connectivity index (χ1n) is 7.69. The Kier molecular flexibility index (Phi) is 4.62. The lowest BCUT2D eigenvalue weighted by atomic mass is 9.98. The maximum absolute atomic E-state index is 5.74. The van der Waals surface area contributed by atoms with Crippen LogP contribution in [0.25, 0.3) is 0 Å². The molecule has 7 nitrogen and oxygen atoms in total. The molecule has 1 fully saturated rings. The molecule has 0 radical (unpaired) electrons. The Bertz CT molecular complexity index is 588. The Morgan fingerprint density at radius 2 is 2.00 bits per heavy atom. The summed E-state index contributed by atoms with van der Waals surface area (Å²) in [6, 6.07) is 3.80. The van der Waals surface area contributed by atoms with E-state index in [0.717, 1.165) is 50.6 Å². The zero-order valence-corrected chi connectivity index (χ0v) is 13.1. The molecular formula is C15H22N6O. The summed E-state index contributed by atoms with van der Waals surface area (Å²) in [5.41, 5.74) is 0.907. The largest absolute Gasteiger partial charge is 0.476 e. The first-order valence-corrected chi connectivity index (χ1v) is 7.69. The zero-order valence-electron chi connectivity index (χ0n) is 13.1. The third kappa shape index (κ3) is 3.79. The standard InChI is InChI=1S/C15H22N6O/c1-12-3-4-15(19-17-12)22-10-13-5-7-21(8-6-13)9-14-18-16-11-20(14)2/h3-4,11,13H,5-10H2,1-2H3. The molecule has 22 heavy (non-hydrogen) atoms. The fourth-order valence-electron chi connectivity index (χ4n) is 2.63. The number of rotatable bonds is 5. The van der Waals surface area contributed by atoms with Crippen LogP contribution in [0.5, 0.6) is 5.88 Å². The van der Waals surface area contributed by atoms with Crippen molar-refractivity contribution >= 4 is 0 Å². The van der Waals surface area contributed by atoms with Crippen molar-refractivity contribution in [1.82, 2.24) is 29.9 Å². The molecule has 0 N–H and O–H groups in total. The van der Waals surface area contributed by atoms with Gasteiger partial charge in [-0.2, -0.15) is 5.10 Å². The molecule has 2 aromatic rings. The Morgan fingerprint density at radius 1 is 1.18 bits per heavy atom. The molecule has 1 saturated heterocycles. The molecular weight excluding hydrogens is 280 g/mol. The number of aryl methyl sites for hydroxylation is 2. The second kappa shape index (κ2) is 6.83. The lowest BCUT2D eigenvalue weighted by Crippen LogP contribution is -2.35. The molecule has 0 atom stereocenters. The highest BCUT2D eigenvalue weighted by Gasteiger charge is 2.21. The maximum atomic E-state index is 5.74. The van der Waals surface area contributed by atoms with Gasteiger partial charge in [-0.25, -0.2) is 0 Å². The number of nitrogens with zero attached hydrogens (tertiary/aromatic N) is 6. The van der Waals surface area contributed by atoms with Crippen LogP contribution in [0.15, 0.2) is 18.5 Å². The molecule has 2 aromatic heterocycles. The predicted octanol–water partition coefficient (Wildman–Crippen LogP) is 1.20. The van der Waals surface area contributed by atoms with E-state index >= 15 is 0 Å².